The van der Waals surface area contributed by atoms with Gasteiger partial charge in [0.05, 0.1) is 9.83 Å². The Bertz CT molecular complexity index is 561. The highest BCUT2D eigenvalue weighted by atomic mass is 79.9. The third kappa shape index (κ3) is 3.74. The monoisotopic (exact) mass is 435 g/mol. The van der Waals surface area contributed by atoms with Crippen molar-refractivity contribution in [1.29, 1.82) is 0 Å². The van der Waals surface area contributed by atoms with E-state index >= 15 is 0 Å². The third-order valence-electron chi connectivity index (χ3n) is 3.01. The molecule has 1 unspecified atom stereocenters. The Morgan fingerprint density at radius 3 is 2.30 bits per heavy atom. The molecule has 5 heteroatoms. The van der Waals surface area contributed by atoms with E-state index in [1.165, 1.54) is 14.6 Å². The van der Waals surface area contributed by atoms with Gasteiger partial charge in [0.2, 0.25) is 0 Å². The second-order valence-electron chi connectivity index (χ2n) is 5.71. The molecule has 110 valence electrons. The van der Waals surface area contributed by atoms with Gasteiger partial charge in [0.1, 0.15) is 0 Å². The second-order valence-corrected chi connectivity index (χ2v) is 10.1. The van der Waals surface area contributed by atoms with Gasteiger partial charge in [-0.05, 0) is 62.0 Å². The van der Waals surface area contributed by atoms with Crippen LogP contribution in [-0.2, 0) is 5.41 Å². The lowest BCUT2D eigenvalue weighted by Crippen LogP contribution is -2.20. The fraction of sp³-hybridized carbons (Fsp3) is 0.467. The standard InChI is InChI=1S/C15H19Br2NS2/c1-5-18-13(11-8-9(16)14(17)20-11)10-6-7-12(19-10)15(2,3)4/h6-8,13,18H,5H2,1-4H3. The molecule has 2 rings (SSSR count). The van der Waals surface area contributed by atoms with Crippen LogP contribution in [0.2, 0.25) is 0 Å². The Labute approximate surface area is 146 Å². The minimum absolute atomic E-state index is 0.219. The molecule has 0 aliphatic rings. The van der Waals surface area contributed by atoms with Gasteiger partial charge in [0, 0.05) is 19.1 Å². The van der Waals surface area contributed by atoms with Gasteiger partial charge < -0.3 is 5.32 Å². The van der Waals surface area contributed by atoms with Crippen molar-refractivity contribution >= 4 is 54.5 Å². The van der Waals surface area contributed by atoms with Crippen LogP contribution in [0.15, 0.2) is 26.5 Å². The Hall–Kier alpha value is 0.320. The summed E-state index contributed by atoms with van der Waals surface area (Å²) < 4.78 is 2.29. The highest BCUT2D eigenvalue weighted by Gasteiger charge is 2.22. The molecule has 0 aliphatic carbocycles. The molecule has 1 nitrogen and oxygen atoms in total. The quantitative estimate of drug-likeness (QED) is 0.590. The highest BCUT2D eigenvalue weighted by Crippen LogP contribution is 2.40. The fourth-order valence-electron chi connectivity index (χ4n) is 1.96. The molecule has 0 saturated heterocycles. The number of hydrogen-bond acceptors (Lipinski definition) is 3. The van der Waals surface area contributed by atoms with Crippen molar-refractivity contribution in [2.45, 2.75) is 39.2 Å². The van der Waals surface area contributed by atoms with Gasteiger partial charge in [0.15, 0.2) is 0 Å². The summed E-state index contributed by atoms with van der Waals surface area (Å²) in [6, 6.07) is 7.02. The molecule has 1 atom stereocenters. The second kappa shape index (κ2) is 6.61. The average Bonchev–Trinajstić information content (AvgIpc) is 2.94. The van der Waals surface area contributed by atoms with E-state index in [2.05, 4.69) is 83.1 Å². The minimum atomic E-state index is 0.219. The molecule has 1 N–H and O–H groups in total. The minimum Gasteiger partial charge on any atom is -0.305 e. The van der Waals surface area contributed by atoms with Gasteiger partial charge in [-0.15, -0.1) is 22.7 Å². The average molecular weight is 437 g/mol. The predicted octanol–water partition coefficient (Wildman–Crippen LogP) is 6.33. The van der Waals surface area contributed by atoms with Crippen molar-refractivity contribution < 1.29 is 0 Å². The van der Waals surface area contributed by atoms with Crippen LogP contribution in [0.25, 0.3) is 0 Å². The zero-order valence-electron chi connectivity index (χ0n) is 12.1. The molecule has 0 amide bonds. The molecular weight excluding hydrogens is 418 g/mol. The van der Waals surface area contributed by atoms with Crippen LogP contribution in [0.3, 0.4) is 0 Å². The Morgan fingerprint density at radius 1 is 1.15 bits per heavy atom. The SMILES string of the molecule is CCNC(c1ccc(C(C)(C)C)s1)c1cc(Br)c(Br)s1. The summed E-state index contributed by atoms with van der Waals surface area (Å²) in [7, 11) is 0. The highest BCUT2D eigenvalue weighted by molar-refractivity contribution is 9.13. The number of thiophene rings is 2. The van der Waals surface area contributed by atoms with E-state index < -0.39 is 0 Å². The molecule has 2 aromatic rings. The van der Waals surface area contributed by atoms with E-state index in [1.807, 2.05) is 11.3 Å². The first-order valence-corrected chi connectivity index (χ1v) is 9.83. The smallest absolute Gasteiger partial charge is 0.0843 e. The lowest BCUT2D eigenvalue weighted by Gasteiger charge is -2.17. The van der Waals surface area contributed by atoms with Crippen LogP contribution in [0.1, 0.15) is 48.4 Å². The topological polar surface area (TPSA) is 12.0 Å². The molecule has 2 heterocycles. The summed E-state index contributed by atoms with van der Waals surface area (Å²) in [6.45, 7) is 9.92. The third-order valence-corrected chi connectivity index (χ3v) is 7.90. The molecule has 0 bridgehead atoms. The fourth-order valence-corrected chi connectivity index (χ4v) is 5.38. The summed E-state index contributed by atoms with van der Waals surface area (Å²) in [4.78, 5) is 4.16. The molecule has 0 fully saturated rings. The van der Waals surface area contributed by atoms with Crippen molar-refractivity contribution in [3.05, 3.63) is 41.1 Å². The molecule has 2 aromatic heterocycles. The van der Waals surface area contributed by atoms with E-state index in [-0.39, 0.29) is 11.5 Å². The molecule has 0 radical (unpaired) electrons. The van der Waals surface area contributed by atoms with Crippen molar-refractivity contribution in [1.82, 2.24) is 5.32 Å². The Morgan fingerprint density at radius 2 is 1.85 bits per heavy atom. The number of hydrogen-bond donors (Lipinski definition) is 1. The van der Waals surface area contributed by atoms with Gasteiger partial charge in [0.25, 0.3) is 0 Å². The number of nitrogens with one attached hydrogen (secondary N) is 1. The van der Waals surface area contributed by atoms with E-state index in [0.29, 0.717) is 0 Å². The maximum absolute atomic E-state index is 3.60. The Kier molecular flexibility index (Phi) is 5.52. The largest absolute Gasteiger partial charge is 0.305 e. The first-order chi connectivity index (χ1) is 9.32. The molecule has 0 aromatic carbocycles. The zero-order chi connectivity index (χ0) is 14.9. The van der Waals surface area contributed by atoms with E-state index in [0.717, 1.165) is 14.8 Å². The van der Waals surface area contributed by atoms with Crippen LogP contribution in [0, 0.1) is 0 Å². The van der Waals surface area contributed by atoms with Crippen molar-refractivity contribution in [3.63, 3.8) is 0 Å². The van der Waals surface area contributed by atoms with Crippen LogP contribution in [0.4, 0.5) is 0 Å². The summed E-state index contributed by atoms with van der Waals surface area (Å²) in [5.41, 5.74) is 0.219. The zero-order valence-corrected chi connectivity index (χ0v) is 16.9. The van der Waals surface area contributed by atoms with E-state index in [1.54, 1.807) is 11.3 Å². The van der Waals surface area contributed by atoms with Crippen LogP contribution in [0.5, 0.6) is 0 Å². The first-order valence-electron chi connectivity index (χ1n) is 6.61. The summed E-state index contributed by atoms with van der Waals surface area (Å²) in [6.07, 6.45) is 0. The number of halogens is 2. The van der Waals surface area contributed by atoms with Crippen LogP contribution in [-0.4, -0.2) is 6.54 Å². The lowest BCUT2D eigenvalue weighted by atomic mass is 9.95. The maximum atomic E-state index is 3.60. The van der Waals surface area contributed by atoms with Crippen molar-refractivity contribution in [2.24, 2.45) is 0 Å². The Balaban J connectivity index is 2.36. The normalized spacial score (nSPS) is 13.7. The summed E-state index contributed by atoms with van der Waals surface area (Å²) >= 11 is 10.9. The molecule has 20 heavy (non-hydrogen) atoms. The lowest BCUT2D eigenvalue weighted by molar-refractivity contribution is 0.604. The van der Waals surface area contributed by atoms with Gasteiger partial charge >= 0.3 is 0 Å². The molecule has 0 aliphatic heterocycles. The van der Waals surface area contributed by atoms with Gasteiger partial charge in [-0.1, -0.05) is 27.7 Å². The maximum Gasteiger partial charge on any atom is 0.0843 e. The van der Waals surface area contributed by atoms with Gasteiger partial charge in [-0.25, -0.2) is 0 Å². The van der Waals surface area contributed by atoms with Crippen molar-refractivity contribution in [2.75, 3.05) is 6.54 Å². The molecule has 0 saturated carbocycles. The van der Waals surface area contributed by atoms with Crippen LogP contribution >= 0.6 is 54.5 Å². The summed E-state index contributed by atoms with van der Waals surface area (Å²) in [5.74, 6) is 0. The number of rotatable bonds is 4. The first kappa shape index (κ1) is 16.7. The van der Waals surface area contributed by atoms with E-state index in [4.69, 9.17) is 0 Å². The predicted molar refractivity (Wildman–Crippen MR) is 98.3 cm³/mol. The summed E-state index contributed by atoms with van der Waals surface area (Å²) in [5, 5.41) is 3.60. The molecular formula is C15H19Br2NS2. The van der Waals surface area contributed by atoms with Crippen molar-refractivity contribution in [3.8, 4) is 0 Å². The van der Waals surface area contributed by atoms with Gasteiger partial charge in [-0.2, -0.15) is 0 Å². The van der Waals surface area contributed by atoms with Gasteiger partial charge in [-0.3, -0.25) is 0 Å². The van der Waals surface area contributed by atoms with E-state index in [9.17, 15) is 0 Å². The van der Waals surface area contributed by atoms with Crippen LogP contribution < -0.4 is 5.32 Å². The molecule has 0 spiro atoms.